The zero-order valence-corrected chi connectivity index (χ0v) is 17.1. The Balaban J connectivity index is 1.42. The molecule has 1 aromatic heterocycles. The molecule has 9 nitrogen and oxygen atoms in total. The van der Waals surface area contributed by atoms with Crippen molar-refractivity contribution in [2.75, 3.05) is 28.0 Å². The van der Waals surface area contributed by atoms with Crippen LogP contribution >= 0.6 is 0 Å². The molecule has 0 bridgehead atoms. The Kier molecular flexibility index (Phi) is 5.54. The number of hydrogen-bond donors (Lipinski definition) is 3. The Labute approximate surface area is 179 Å². The molecule has 3 N–H and O–H groups in total. The minimum Gasteiger partial charge on any atom is -0.336 e. The third-order valence-corrected chi connectivity index (χ3v) is 6.05. The summed E-state index contributed by atoms with van der Waals surface area (Å²) in [6, 6.07) is 15.5. The second-order valence-corrected chi connectivity index (χ2v) is 8.43. The van der Waals surface area contributed by atoms with Crippen LogP contribution in [-0.4, -0.2) is 38.4 Å². The van der Waals surface area contributed by atoms with Crippen molar-refractivity contribution >= 4 is 39.0 Å². The summed E-state index contributed by atoms with van der Waals surface area (Å²) < 4.78 is 27.4. The molecule has 3 aromatic rings. The molecule has 0 radical (unpaired) electrons. The zero-order chi connectivity index (χ0) is 21.8. The van der Waals surface area contributed by atoms with E-state index in [0.717, 1.165) is 5.69 Å². The standard InChI is InChI=1S/C21H19N5O4S/c27-20(24-16-3-5-18(6-4-16)26-14-13-23-21(26)28)15-1-7-19(8-2-15)31(29,30)25-17-9-11-22-12-10-17/h1-12H,13-14H2,(H,22,25)(H,23,28)(H,24,27). The van der Waals surface area contributed by atoms with Crippen molar-refractivity contribution < 1.29 is 18.0 Å². The third-order valence-electron chi connectivity index (χ3n) is 4.65. The van der Waals surface area contributed by atoms with E-state index in [9.17, 15) is 18.0 Å². The predicted molar refractivity (Wildman–Crippen MR) is 117 cm³/mol. The molecule has 31 heavy (non-hydrogen) atoms. The van der Waals surface area contributed by atoms with Crippen LogP contribution in [0.2, 0.25) is 0 Å². The van der Waals surface area contributed by atoms with Gasteiger partial charge in [-0.3, -0.25) is 19.4 Å². The minimum absolute atomic E-state index is 0.0362. The number of aromatic nitrogens is 1. The number of urea groups is 1. The van der Waals surface area contributed by atoms with Crippen LogP contribution in [0.25, 0.3) is 0 Å². The Morgan fingerprint density at radius 3 is 2.23 bits per heavy atom. The van der Waals surface area contributed by atoms with Gasteiger partial charge in [-0.25, -0.2) is 13.2 Å². The SMILES string of the molecule is O=C(Nc1ccc(N2CCNC2=O)cc1)c1ccc(S(=O)(=O)Nc2ccncc2)cc1. The molecule has 0 spiro atoms. The summed E-state index contributed by atoms with van der Waals surface area (Å²) in [5.74, 6) is -0.377. The number of pyridine rings is 1. The van der Waals surface area contributed by atoms with Crippen LogP contribution in [0.3, 0.4) is 0 Å². The van der Waals surface area contributed by atoms with Crippen molar-refractivity contribution in [1.82, 2.24) is 10.3 Å². The summed E-state index contributed by atoms with van der Waals surface area (Å²) in [4.78, 5) is 29.7. The summed E-state index contributed by atoms with van der Waals surface area (Å²) in [5, 5.41) is 5.49. The number of rotatable bonds is 6. The van der Waals surface area contributed by atoms with Gasteiger partial charge in [0.05, 0.1) is 10.6 Å². The average molecular weight is 437 g/mol. The molecule has 1 saturated heterocycles. The molecule has 10 heteroatoms. The topological polar surface area (TPSA) is 121 Å². The lowest BCUT2D eigenvalue weighted by atomic mass is 10.2. The van der Waals surface area contributed by atoms with Gasteiger partial charge in [-0.05, 0) is 60.7 Å². The van der Waals surface area contributed by atoms with Crippen LogP contribution in [0.5, 0.6) is 0 Å². The van der Waals surface area contributed by atoms with E-state index in [1.54, 1.807) is 41.3 Å². The van der Waals surface area contributed by atoms with Gasteiger partial charge in [0.15, 0.2) is 0 Å². The first-order valence-corrected chi connectivity index (χ1v) is 10.9. The summed E-state index contributed by atoms with van der Waals surface area (Å²) in [5.41, 5.74) is 2.01. The van der Waals surface area contributed by atoms with E-state index in [2.05, 4.69) is 20.3 Å². The van der Waals surface area contributed by atoms with E-state index in [0.29, 0.717) is 30.0 Å². The average Bonchev–Trinajstić information content (AvgIpc) is 3.20. The van der Waals surface area contributed by atoms with Gasteiger partial charge in [-0.2, -0.15) is 0 Å². The molecular weight excluding hydrogens is 418 g/mol. The molecule has 3 amide bonds. The summed E-state index contributed by atoms with van der Waals surface area (Å²) in [7, 11) is -3.78. The molecular formula is C21H19N5O4S. The van der Waals surface area contributed by atoms with Crippen LogP contribution in [0.1, 0.15) is 10.4 Å². The summed E-state index contributed by atoms with van der Waals surface area (Å²) >= 11 is 0. The van der Waals surface area contributed by atoms with Crippen LogP contribution in [0.15, 0.2) is 78.0 Å². The van der Waals surface area contributed by atoms with E-state index in [4.69, 9.17) is 0 Å². The van der Waals surface area contributed by atoms with E-state index in [-0.39, 0.29) is 16.8 Å². The number of carbonyl (C=O) groups excluding carboxylic acids is 2. The Bertz CT molecular complexity index is 1200. The smallest absolute Gasteiger partial charge is 0.321 e. The van der Waals surface area contributed by atoms with Gasteiger partial charge in [0.2, 0.25) is 0 Å². The number of amides is 3. The van der Waals surface area contributed by atoms with Gasteiger partial charge in [0.25, 0.3) is 15.9 Å². The highest BCUT2D eigenvalue weighted by Crippen LogP contribution is 2.21. The molecule has 4 rings (SSSR count). The molecule has 0 atom stereocenters. The molecule has 0 unspecified atom stereocenters. The summed E-state index contributed by atoms with van der Waals surface area (Å²) in [6.07, 6.45) is 2.97. The highest BCUT2D eigenvalue weighted by molar-refractivity contribution is 7.92. The van der Waals surface area contributed by atoms with Crippen molar-refractivity contribution in [1.29, 1.82) is 0 Å². The molecule has 2 aromatic carbocycles. The number of anilines is 3. The third kappa shape index (κ3) is 4.64. The van der Waals surface area contributed by atoms with Crippen molar-refractivity contribution in [2.45, 2.75) is 4.90 Å². The van der Waals surface area contributed by atoms with Crippen LogP contribution in [0, 0.1) is 0 Å². The highest BCUT2D eigenvalue weighted by Gasteiger charge is 2.21. The van der Waals surface area contributed by atoms with Crippen LogP contribution in [-0.2, 0) is 10.0 Å². The molecule has 1 fully saturated rings. The highest BCUT2D eigenvalue weighted by atomic mass is 32.2. The van der Waals surface area contributed by atoms with Crippen LogP contribution in [0.4, 0.5) is 21.9 Å². The Morgan fingerprint density at radius 2 is 1.61 bits per heavy atom. The second-order valence-electron chi connectivity index (χ2n) is 6.75. The predicted octanol–water partition coefficient (Wildman–Crippen LogP) is 2.66. The van der Waals surface area contributed by atoms with Gasteiger partial charge >= 0.3 is 6.03 Å². The molecule has 0 aliphatic carbocycles. The van der Waals surface area contributed by atoms with E-state index in [1.807, 2.05) is 0 Å². The first-order valence-electron chi connectivity index (χ1n) is 9.42. The lowest BCUT2D eigenvalue weighted by Gasteiger charge is -2.14. The lowest BCUT2D eigenvalue weighted by Crippen LogP contribution is -2.27. The number of hydrogen-bond acceptors (Lipinski definition) is 5. The lowest BCUT2D eigenvalue weighted by molar-refractivity contribution is 0.102. The minimum atomic E-state index is -3.78. The molecule has 0 saturated carbocycles. The first kappa shape index (κ1) is 20.4. The number of benzene rings is 2. The van der Waals surface area contributed by atoms with E-state index >= 15 is 0 Å². The van der Waals surface area contributed by atoms with Crippen molar-refractivity contribution in [3.63, 3.8) is 0 Å². The van der Waals surface area contributed by atoms with Gasteiger partial charge in [-0.1, -0.05) is 0 Å². The van der Waals surface area contributed by atoms with Gasteiger partial charge < -0.3 is 10.6 Å². The monoisotopic (exact) mass is 437 g/mol. The number of carbonyl (C=O) groups is 2. The fraction of sp³-hybridized carbons (Fsp3) is 0.0952. The Hall–Kier alpha value is -3.92. The van der Waals surface area contributed by atoms with Gasteiger partial charge in [-0.15, -0.1) is 0 Å². The molecule has 2 heterocycles. The maximum atomic E-state index is 12.5. The Morgan fingerprint density at radius 1 is 0.935 bits per heavy atom. The molecule has 1 aliphatic rings. The number of nitrogens with zero attached hydrogens (tertiary/aromatic N) is 2. The van der Waals surface area contributed by atoms with Gasteiger partial charge in [0, 0.05) is 42.4 Å². The zero-order valence-electron chi connectivity index (χ0n) is 16.3. The molecule has 1 aliphatic heterocycles. The van der Waals surface area contributed by atoms with Crippen molar-refractivity contribution in [2.24, 2.45) is 0 Å². The quantitative estimate of drug-likeness (QED) is 0.548. The largest absolute Gasteiger partial charge is 0.336 e. The van der Waals surface area contributed by atoms with Crippen molar-refractivity contribution in [3.05, 3.63) is 78.6 Å². The maximum Gasteiger partial charge on any atom is 0.321 e. The van der Waals surface area contributed by atoms with E-state index < -0.39 is 10.0 Å². The number of nitrogens with one attached hydrogen (secondary N) is 3. The maximum absolute atomic E-state index is 12.5. The number of sulfonamides is 1. The van der Waals surface area contributed by atoms with Crippen LogP contribution < -0.4 is 20.3 Å². The fourth-order valence-electron chi connectivity index (χ4n) is 3.07. The van der Waals surface area contributed by atoms with Crippen molar-refractivity contribution in [3.8, 4) is 0 Å². The van der Waals surface area contributed by atoms with Gasteiger partial charge in [0.1, 0.15) is 0 Å². The first-order chi connectivity index (χ1) is 14.9. The van der Waals surface area contributed by atoms with E-state index in [1.165, 1.54) is 36.7 Å². The molecule has 158 valence electrons. The second kappa shape index (κ2) is 8.44. The summed E-state index contributed by atoms with van der Waals surface area (Å²) in [6.45, 7) is 1.19. The fourth-order valence-corrected chi connectivity index (χ4v) is 4.12. The normalized spacial score (nSPS) is 13.5.